The molecule has 1 aliphatic rings. The van der Waals surface area contributed by atoms with Gasteiger partial charge >= 0.3 is 0 Å². The molecule has 0 saturated carbocycles. The van der Waals surface area contributed by atoms with Crippen molar-refractivity contribution in [2.75, 3.05) is 13.2 Å². The molecule has 0 spiro atoms. The van der Waals surface area contributed by atoms with E-state index in [1.54, 1.807) is 0 Å². The van der Waals surface area contributed by atoms with Crippen LogP contribution in [0.5, 0.6) is 0 Å². The molecule has 1 heterocycles. The Morgan fingerprint density at radius 2 is 1.83 bits per heavy atom. The molecule has 3 rings (SSSR count). The van der Waals surface area contributed by atoms with E-state index in [1.165, 1.54) is 0 Å². The van der Waals surface area contributed by atoms with Gasteiger partial charge < -0.3 is 15.8 Å². The van der Waals surface area contributed by atoms with Crippen LogP contribution >= 0.6 is 0 Å². The van der Waals surface area contributed by atoms with Gasteiger partial charge in [0, 0.05) is 19.6 Å². The van der Waals surface area contributed by atoms with Crippen LogP contribution in [-0.2, 0) is 16.0 Å². The monoisotopic (exact) mass is 388 g/mol. The summed E-state index contributed by atoms with van der Waals surface area (Å²) in [6.45, 7) is 2.82. The minimum Gasteiger partial charge on any atom is -0.381 e. The van der Waals surface area contributed by atoms with Gasteiger partial charge in [0.2, 0.25) is 5.91 Å². The lowest BCUT2D eigenvalue weighted by molar-refractivity contribution is -0.130. The van der Waals surface area contributed by atoms with Crippen LogP contribution < -0.4 is 11.1 Å². The second kappa shape index (κ2) is 8.87. The van der Waals surface area contributed by atoms with Crippen molar-refractivity contribution >= 4 is 5.91 Å². The summed E-state index contributed by atoms with van der Waals surface area (Å²) in [6, 6.07) is 17.3. The smallest absolute Gasteiger partial charge is 0.241 e. The summed E-state index contributed by atoms with van der Waals surface area (Å²) in [6.07, 6.45) is 1.30. The van der Waals surface area contributed by atoms with E-state index in [0.717, 1.165) is 22.3 Å². The maximum absolute atomic E-state index is 12.5. The van der Waals surface area contributed by atoms with Gasteiger partial charge in [-0.05, 0) is 48.1 Å². The maximum Gasteiger partial charge on any atom is 0.241 e. The SMILES string of the molecule is Cc1ccc(-c2ccc(CC(C#N)NC(=O)C3(N)CCOCC3)cc2)cc1C#N. The number of hydrogen-bond acceptors (Lipinski definition) is 5. The Balaban J connectivity index is 1.67. The van der Waals surface area contributed by atoms with Gasteiger partial charge in [0.05, 0.1) is 23.2 Å². The zero-order chi connectivity index (χ0) is 20.9. The zero-order valence-corrected chi connectivity index (χ0v) is 16.4. The van der Waals surface area contributed by atoms with Gasteiger partial charge in [-0.2, -0.15) is 10.5 Å². The molecule has 0 bridgehead atoms. The van der Waals surface area contributed by atoms with Gasteiger partial charge in [0.15, 0.2) is 0 Å². The second-order valence-corrected chi connectivity index (χ2v) is 7.47. The third-order valence-corrected chi connectivity index (χ3v) is 5.38. The Kier molecular flexibility index (Phi) is 6.29. The third-order valence-electron chi connectivity index (χ3n) is 5.38. The summed E-state index contributed by atoms with van der Waals surface area (Å²) < 4.78 is 5.27. The van der Waals surface area contributed by atoms with Gasteiger partial charge in [0.25, 0.3) is 0 Å². The number of carbonyl (C=O) groups excluding carboxylic acids is 1. The minimum atomic E-state index is -0.971. The van der Waals surface area contributed by atoms with Crippen molar-refractivity contribution in [1.82, 2.24) is 5.32 Å². The predicted molar refractivity (Wildman–Crippen MR) is 110 cm³/mol. The molecule has 1 fully saturated rings. The highest BCUT2D eigenvalue weighted by Gasteiger charge is 2.36. The average Bonchev–Trinajstić information content (AvgIpc) is 2.74. The number of ether oxygens (including phenoxy) is 1. The van der Waals surface area contributed by atoms with E-state index in [0.29, 0.717) is 38.0 Å². The van der Waals surface area contributed by atoms with Crippen molar-refractivity contribution in [1.29, 1.82) is 10.5 Å². The Labute approximate surface area is 170 Å². The summed E-state index contributed by atoms with van der Waals surface area (Å²) in [4.78, 5) is 12.5. The fourth-order valence-corrected chi connectivity index (χ4v) is 3.38. The molecule has 1 atom stereocenters. The van der Waals surface area contributed by atoms with Crippen LogP contribution in [0.4, 0.5) is 0 Å². The number of hydrogen-bond donors (Lipinski definition) is 2. The summed E-state index contributed by atoms with van der Waals surface area (Å²) >= 11 is 0. The molecule has 0 radical (unpaired) electrons. The molecule has 1 saturated heterocycles. The van der Waals surface area contributed by atoms with Crippen LogP contribution in [0.3, 0.4) is 0 Å². The Hall–Kier alpha value is -3.19. The van der Waals surface area contributed by atoms with Gasteiger partial charge in [-0.3, -0.25) is 4.79 Å². The molecular weight excluding hydrogens is 364 g/mol. The van der Waals surface area contributed by atoms with Gasteiger partial charge in [-0.25, -0.2) is 0 Å². The minimum absolute atomic E-state index is 0.298. The van der Waals surface area contributed by atoms with Crippen molar-refractivity contribution in [2.45, 2.75) is 37.8 Å². The zero-order valence-electron chi connectivity index (χ0n) is 16.4. The quantitative estimate of drug-likeness (QED) is 0.818. The van der Waals surface area contributed by atoms with E-state index in [1.807, 2.05) is 49.4 Å². The van der Waals surface area contributed by atoms with E-state index in [2.05, 4.69) is 17.5 Å². The Bertz CT molecular complexity index is 964. The van der Waals surface area contributed by atoms with E-state index < -0.39 is 11.6 Å². The molecule has 148 valence electrons. The maximum atomic E-state index is 12.5. The summed E-state index contributed by atoms with van der Waals surface area (Å²) in [5.41, 5.74) is 9.72. The van der Waals surface area contributed by atoms with Gasteiger partial charge in [-0.1, -0.05) is 36.4 Å². The van der Waals surface area contributed by atoms with Crippen LogP contribution in [-0.4, -0.2) is 30.7 Å². The Morgan fingerprint density at radius 1 is 1.17 bits per heavy atom. The third kappa shape index (κ3) is 4.81. The molecule has 1 aliphatic heterocycles. The van der Waals surface area contributed by atoms with Crippen molar-refractivity contribution in [3.8, 4) is 23.3 Å². The first kappa shape index (κ1) is 20.5. The molecule has 2 aromatic carbocycles. The molecule has 29 heavy (non-hydrogen) atoms. The van der Waals surface area contributed by atoms with Crippen LogP contribution in [0, 0.1) is 29.6 Å². The number of nitrogens with two attached hydrogens (primary N) is 1. The molecule has 0 aromatic heterocycles. The number of aryl methyl sites for hydroxylation is 1. The van der Waals surface area contributed by atoms with Crippen LogP contribution in [0.2, 0.25) is 0 Å². The number of nitriles is 2. The fraction of sp³-hybridized carbons (Fsp3) is 0.348. The topological polar surface area (TPSA) is 112 Å². The van der Waals surface area contributed by atoms with Crippen molar-refractivity contribution in [2.24, 2.45) is 5.73 Å². The molecule has 1 amide bonds. The van der Waals surface area contributed by atoms with Crippen molar-refractivity contribution in [3.63, 3.8) is 0 Å². The van der Waals surface area contributed by atoms with Crippen LogP contribution in [0.25, 0.3) is 11.1 Å². The van der Waals surface area contributed by atoms with Crippen molar-refractivity contribution < 1.29 is 9.53 Å². The lowest BCUT2D eigenvalue weighted by Gasteiger charge is -2.32. The lowest BCUT2D eigenvalue weighted by atomic mass is 9.90. The van der Waals surface area contributed by atoms with E-state index in [9.17, 15) is 15.3 Å². The first-order chi connectivity index (χ1) is 13.9. The summed E-state index contributed by atoms with van der Waals surface area (Å²) in [5.74, 6) is -0.298. The van der Waals surface area contributed by atoms with Gasteiger partial charge in [0.1, 0.15) is 6.04 Å². The molecule has 3 N–H and O–H groups in total. The molecule has 6 heteroatoms. The van der Waals surface area contributed by atoms with Gasteiger partial charge in [-0.15, -0.1) is 0 Å². The van der Waals surface area contributed by atoms with E-state index in [-0.39, 0.29) is 5.91 Å². The lowest BCUT2D eigenvalue weighted by Crippen LogP contribution is -2.58. The van der Waals surface area contributed by atoms with Crippen LogP contribution in [0.1, 0.15) is 29.5 Å². The summed E-state index contributed by atoms with van der Waals surface area (Å²) in [7, 11) is 0. The Morgan fingerprint density at radius 3 is 2.45 bits per heavy atom. The second-order valence-electron chi connectivity index (χ2n) is 7.47. The molecule has 2 aromatic rings. The normalized spacial score (nSPS) is 16.3. The first-order valence-corrected chi connectivity index (χ1v) is 9.62. The van der Waals surface area contributed by atoms with E-state index in [4.69, 9.17) is 10.5 Å². The number of carbonyl (C=O) groups is 1. The first-order valence-electron chi connectivity index (χ1n) is 9.62. The highest BCUT2D eigenvalue weighted by Crippen LogP contribution is 2.23. The predicted octanol–water partition coefficient (Wildman–Crippen LogP) is 2.59. The number of benzene rings is 2. The molecule has 6 nitrogen and oxygen atoms in total. The number of nitrogens with zero attached hydrogens (tertiary/aromatic N) is 2. The van der Waals surface area contributed by atoms with Crippen LogP contribution in [0.15, 0.2) is 42.5 Å². The number of rotatable bonds is 5. The highest BCUT2D eigenvalue weighted by molar-refractivity contribution is 5.86. The largest absolute Gasteiger partial charge is 0.381 e. The van der Waals surface area contributed by atoms with E-state index >= 15 is 0 Å². The number of nitrogens with one attached hydrogen (secondary N) is 1. The number of amides is 1. The fourth-order valence-electron chi connectivity index (χ4n) is 3.38. The molecule has 1 unspecified atom stereocenters. The van der Waals surface area contributed by atoms with Crippen molar-refractivity contribution in [3.05, 3.63) is 59.2 Å². The summed E-state index contributed by atoms with van der Waals surface area (Å²) in [5, 5.41) is 21.5. The molecule has 0 aliphatic carbocycles. The standard InChI is InChI=1S/C23H24N4O2/c1-16-2-5-19(13-20(16)14-24)18-6-3-17(4-7-18)12-21(15-25)27-22(28)23(26)8-10-29-11-9-23/h2-7,13,21H,8-12,26H2,1H3,(H,27,28). The average molecular weight is 388 g/mol. The highest BCUT2D eigenvalue weighted by atomic mass is 16.5. The molecular formula is C23H24N4O2.